The van der Waals surface area contributed by atoms with E-state index in [1.165, 1.54) is 17.7 Å². The van der Waals surface area contributed by atoms with E-state index in [0.717, 1.165) is 40.7 Å². The fraction of sp³-hybridized carbons (Fsp3) is 0.259. The van der Waals surface area contributed by atoms with Gasteiger partial charge in [0, 0.05) is 39.2 Å². The molecule has 0 bridgehead atoms. The van der Waals surface area contributed by atoms with Crippen LogP contribution in [0.2, 0.25) is 0 Å². The van der Waals surface area contributed by atoms with Crippen molar-refractivity contribution in [3.05, 3.63) is 89.0 Å². The van der Waals surface area contributed by atoms with Gasteiger partial charge in [-0.15, -0.1) is 0 Å². The molecule has 2 aliphatic rings. The van der Waals surface area contributed by atoms with Crippen LogP contribution in [0.25, 0.3) is 17.2 Å². The van der Waals surface area contributed by atoms with Gasteiger partial charge in [-0.2, -0.15) is 0 Å². The van der Waals surface area contributed by atoms with Crippen LogP contribution in [0, 0.1) is 5.92 Å². The molecule has 2 unspecified atom stereocenters. The number of benzene rings is 1. The Kier molecular flexibility index (Phi) is 5.94. The SMILES string of the molecule is CON(C)C(=O)C1=Cc2cc(-c3ccnc(C(=O)NCc4ccncc4)c3)ccc2C2CC2C1.[HH]. The van der Waals surface area contributed by atoms with Gasteiger partial charge in [0.1, 0.15) is 5.69 Å². The number of hydrogen-bond donors (Lipinski definition) is 1. The Bertz CT molecular complexity index is 1280. The normalized spacial score (nSPS) is 18.1. The van der Waals surface area contributed by atoms with Gasteiger partial charge in [-0.3, -0.25) is 24.4 Å². The maximum atomic E-state index is 12.8. The van der Waals surface area contributed by atoms with Gasteiger partial charge in [0.25, 0.3) is 11.8 Å². The molecular formula is C27H28N4O3. The van der Waals surface area contributed by atoms with Crippen molar-refractivity contribution >= 4 is 17.9 Å². The highest BCUT2D eigenvalue weighted by atomic mass is 16.7. The van der Waals surface area contributed by atoms with Gasteiger partial charge < -0.3 is 5.32 Å². The number of carbonyl (C=O) groups is 2. The summed E-state index contributed by atoms with van der Waals surface area (Å²) in [5.74, 6) is 0.655. The van der Waals surface area contributed by atoms with Crippen LogP contribution in [0.3, 0.4) is 0 Å². The second-order valence-corrected chi connectivity index (χ2v) is 8.77. The predicted octanol–water partition coefficient (Wildman–Crippen LogP) is 4.23. The summed E-state index contributed by atoms with van der Waals surface area (Å²) < 4.78 is 0. The fourth-order valence-corrected chi connectivity index (χ4v) is 4.54. The average Bonchev–Trinajstić information content (AvgIpc) is 3.66. The molecule has 0 aliphatic heterocycles. The molecule has 5 rings (SSSR count). The van der Waals surface area contributed by atoms with Crippen molar-refractivity contribution < 1.29 is 15.9 Å². The van der Waals surface area contributed by atoms with Gasteiger partial charge >= 0.3 is 0 Å². The maximum Gasteiger partial charge on any atom is 0.273 e. The van der Waals surface area contributed by atoms with E-state index in [9.17, 15) is 9.59 Å². The molecule has 2 heterocycles. The van der Waals surface area contributed by atoms with Crippen LogP contribution in [0.1, 0.15) is 47.4 Å². The summed E-state index contributed by atoms with van der Waals surface area (Å²) in [6.07, 6.45) is 8.90. The standard InChI is InChI=1S/C27H26N4O3.H2/c1-31(34-2)27(33)22-12-20-11-18(3-4-23(20)24-14-21(24)13-22)19-7-10-29-25(15-19)26(32)30-16-17-5-8-28-9-6-17;/h3-12,15,21,24H,13-14,16H2,1-2H3,(H,30,32);1H. The Balaban J connectivity index is 0.00000289. The van der Waals surface area contributed by atoms with Crippen LogP contribution < -0.4 is 5.32 Å². The van der Waals surface area contributed by atoms with Crippen LogP contribution in [0.4, 0.5) is 0 Å². The van der Waals surface area contributed by atoms with Crippen molar-refractivity contribution in [2.24, 2.45) is 5.92 Å². The second kappa shape index (κ2) is 9.19. The van der Waals surface area contributed by atoms with Crippen molar-refractivity contribution in [1.29, 1.82) is 0 Å². The van der Waals surface area contributed by atoms with Gasteiger partial charge in [-0.25, -0.2) is 5.06 Å². The highest BCUT2D eigenvalue weighted by Gasteiger charge is 2.42. The Hall–Kier alpha value is -3.84. The number of amides is 2. The minimum Gasteiger partial charge on any atom is -0.347 e. The first-order chi connectivity index (χ1) is 16.5. The topological polar surface area (TPSA) is 84.4 Å². The lowest BCUT2D eigenvalue weighted by Crippen LogP contribution is -2.27. The summed E-state index contributed by atoms with van der Waals surface area (Å²) in [5, 5.41) is 4.18. The molecule has 174 valence electrons. The molecule has 2 amide bonds. The number of fused-ring (bicyclic) bond motifs is 3. The molecule has 7 heteroatoms. The maximum absolute atomic E-state index is 12.8. The quantitative estimate of drug-likeness (QED) is 0.561. The Labute approximate surface area is 199 Å². The number of aromatic nitrogens is 2. The van der Waals surface area contributed by atoms with Gasteiger partial charge in [0.15, 0.2) is 0 Å². The van der Waals surface area contributed by atoms with E-state index < -0.39 is 0 Å². The van der Waals surface area contributed by atoms with E-state index in [1.807, 2.05) is 24.3 Å². The van der Waals surface area contributed by atoms with Gasteiger partial charge in [0.2, 0.25) is 0 Å². The minimum absolute atomic E-state index is 0. The molecule has 1 fully saturated rings. The Morgan fingerprint density at radius 1 is 1.12 bits per heavy atom. The summed E-state index contributed by atoms with van der Waals surface area (Å²) in [6.45, 7) is 0.409. The van der Waals surface area contributed by atoms with Crippen molar-refractivity contribution in [3.8, 4) is 11.1 Å². The molecule has 34 heavy (non-hydrogen) atoms. The number of nitrogens with zero attached hydrogens (tertiary/aromatic N) is 3. The zero-order chi connectivity index (χ0) is 23.7. The molecule has 0 radical (unpaired) electrons. The molecule has 1 aromatic carbocycles. The van der Waals surface area contributed by atoms with Crippen LogP contribution in [0.15, 0.2) is 66.6 Å². The first-order valence-corrected chi connectivity index (χ1v) is 11.3. The molecule has 1 saturated carbocycles. The number of pyridine rings is 2. The summed E-state index contributed by atoms with van der Waals surface area (Å²) in [4.78, 5) is 38.8. The highest BCUT2D eigenvalue weighted by molar-refractivity contribution is 5.98. The fourth-order valence-electron chi connectivity index (χ4n) is 4.54. The second-order valence-electron chi connectivity index (χ2n) is 8.77. The average molecular weight is 457 g/mol. The Morgan fingerprint density at radius 3 is 2.71 bits per heavy atom. The third kappa shape index (κ3) is 4.47. The van der Waals surface area contributed by atoms with Crippen LogP contribution in [0.5, 0.6) is 0 Å². The van der Waals surface area contributed by atoms with Crippen LogP contribution in [-0.2, 0) is 16.2 Å². The lowest BCUT2D eigenvalue weighted by molar-refractivity contribution is -0.164. The van der Waals surface area contributed by atoms with Crippen LogP contribution in [-0.4, -0.2) is 41.0 Å². The first kappa shape index (κ1) is 22.0. The summed E-state index contributed by atoms with van der Waals surface area (Å²) in [7, 11) is 3.13. The molecule has 3 aromatic rings. The Morgan fingerprint density at radius 2 is 1.91 bits per heavy atom. The summed E-state index contributed by atoms with van der Waals surface area (Å²) in [6, 6.07) is 13.8. The third-order valence-electron chi connectivity index (χ3n) is 6.58. The third-order valence-corrected chi connectivity index (χ3v) is 6.58. The van der Waals surface area contributed by atoms with Crippen molar-refractivity contribution in [3.63, 3.8) is 0 Å². The van der Waals surface area contributed by atoms with Crippen molar-refractivity contribution in [1.82, 2.24) is 20.3 Å². The monoisotopic (exact) mass is 456 g/mol. The largest absolute Gasteiger partial charge is 0.347 e. The summed E-state index contributed by atoms with van der Waals surface area (Å²) >= 11 is 0. The zero-order valence-electron chi connectivity index (χ0n) is 19.2. The van der Waals surface area contributed by atoms with Crippen molar-refractivity contribution in [2.75, 3.05) is 14.2 Å². The van der Waals surface area contributed by atoms with E-state index in [0.29, 0.717) is 24.1 Å². The zero-order valence-corrected chi connectivity index (χ0v) is 19.2. The molecule has 1 N–H and O–H groups in total. The van der Waals surface area contributed by atoms with Gasteiger partial charge in [0.05, 0.1) is 7.11 Å². The molecule has 0 saturated heterocycles. The number of likely N-dealkylation sites (N-methyl/N-ethyl adjacent to an activating group) is 1. The van der Waals surface area contributed by atoms with E-state index >= 15 is 0 Å². The lowest BCUT2D eigenvalue weighted by Gasteiger charge is -2.16. The number of nitrogens with one attached hydrogen (secondary N) is 1. The molecular weight excluding hydrogens is 428 g/mol. The predicted molar refractivity (Wildman–Crippen MR) is 130 cm³/mol. The first-order valence-electron chi connectivity index (χ1n) is 11.3. The molecule has 2 atom stereocenters. The number of hydroxylamine groups is 2. The number of hydrogen-bond acceptors (Lipinski definition) is 5. The van der Waals surface area contributed by atoms with E-state index in [1.54, 1.807) is 31.7 Å². The highest BCUT2D eigenvalue weighted by Crippen LogP contribution is 2.54. The van der Waals surface area contributed by atoms with E-state index in [-0.39, 0.29) is 13.2 Å². The number of carbonyl (C=O) groups excluding carboxylic acids is 2. The van der Waals surface area contributed by atoms with Crippen LogP contribution >= 0.6 is 0 Å². The van der Waals surface area contributed by atoms with Crippen molar-refractivity contribution in [2.45, 2.75) is 25.3 Å². The smallest absolute Gasteiger partial charge is 0.273 e. The number of rotatable bonds is 6. The molecule has 7 nitrogen and oxygen atoms in total. The summed E-state index contributed by atoms with van der Waals surface area (Å²) in [5.41, 5.74) is 6.30. The molecule has 0 spiro atoms. The lowest BCUT2D eigenvalue weighted by atomic mass is 9.96. The van der Waals surface area contributed by atoms with Gasteiger partial charge in [-0.1, -0.05) is 12.1 Å². The van der Waals surface area contributed by atoms with Gasteiger partial charge in [-0.05, 0) is 88.9 Å². The van der Waals surface area contributed by atoms with E-state index in [4.69, 9.17) is 4.84 Å². The minimum atomic E-state index is -0.232. The molecule has 2 aliphatic carbocycles. The van der Waals surface area contributed by atoms with E-state index in [2.05, 4.69) is 33.5 Å². The molecule has 2 aromatic heterocycles.